The molecule has 2 rings (SSSR count). The van der Waals surface area contributed by atoms with Crippen LogP contribution in [-0.2, 0) is 23.9 Å². The molecule has 0 bridgehead atoms. The molecule has 0 N–H and O–H groups in total. The van der Waals surface area contributed by atoms with Crippen molar-refractivity contribution in [3.05, 3.63) is 0 Å². The van der Waals surface area contributed by atoms with Gasteiger partial charge in [0, 0.05) is 6.54 Å². The Bertz CT molecular complexity index is 420. The second-order valence-electron chi connectivity index (χ2n) is 4.65. The maximum absolute atomic E-state index is 11.9. The first-order valence-electron chi connectivity index (χ1n) is 5.72. The number of hydrogen-bond donors (Lipinski definition) is 0. The molecule has 0 aliphatic carbocycles. The predicted molar refractivity (Wildman–Crippen MR) is 59.4 cm³/mol. The molecule has 0 spiro atoms. The minimum absolute atomic E-state index is 0.403. The van der Waals surface area contributed by atoms with E-state index in [0.717, 1.165) is 6.42 Å². The second-order valence-corrected chi connectivity index (χ2v) is 6.58. The molecule has 0 saturated carbocycles. The first-order chi connectivity index (χ1) is 7.92. The van der Waals surface area contributed by atoms with E-state index in [1.54, 1.807) is 6.92 Å². The van der Waals surface area contributed by atoms with Crippen molar-refractivity contribution >= 4 is 16.1 Å². The topological polar surface area (TPSA) is 72.9 Å². The van der Waals surface area contributed by atoms with Crippen LogP contribution in [0.25, 0.3) is 0 Å². The van der Waals surface area contributed by atoms with E-state index in [2.05, 4.69) is 0 Å². The molecular weight excluding hydrogens is 246 g/mol. The highest BCUT2D eigenvalue weighted by Gasteiger charge is 2.53. The van der Waals surface area contributed by atoms with Gasteiger partial charge in [0.2, 0.25) is 0 Å². The molecule has 2 saturated heterocycles. The monoisotopic (exact) mass is 263 g/mol. The smallest absolute Gasteiger partial charge is 0.328 e. The van der Waals surface area contributed by atoms with Crippen LogP contribution in [0.2, 0.25) is 0 Å². The molecule has 0 aromatic carbocycles. The minimum Gasteiger partial charge on any atom is -0.468 e. The third-order valence-electron chi connectivity index (χ3n) is 3.65. The number of methoxy groups -OCH3 is 1. The molecule has 98 valence electrons. The van der Waals surface area contributed by atoms with Gasteiger partial charge in [-0.05, 0) is 32.6 Å². The fraction of sp³-hybridized carbons (Fsp3) is 0.900. The van der Waals surface area contributed by atoms with E-state index in [-0.39, 0.29) is 0 Å². The van der Waals surface area contributed by atoms with Crippen molar-refractivity contribution in [2.75, 3.05) is 13.7 Å². The van der Waals surface area contributed by atoms with Crippen molar-refractivity contribution in [2.45, 2.75) is 43.4 Å². The third kappa shape index (κ3) is 1.96. The first kappa shape index (κ1) is 12.8. The zero-order chi connectivity index (χ0) is 12.7. The summed E-state index contributed by atoms with van der Waals surface area (Å²) in [4.78, 5) is 11.9. The molecule has 2 fully saturated rings. The molecule has 2 atom stereocenters. The van der Waals surface area contributed by atoms with Crippen LogP contribution in [0.3, 0.4) is 0 Å². The van der Waals surface area contributed by atoms with Crippen LogP contribution in [0, 0.1) is 0 Å². The number of ether oxygens (including phenoxy) is 1. The summed E-state index contributed by atoms with van der Waals surface area (Å²) in [6.45, 7) is 2.05. The molecule has 2 heterocycles. The zero-order valence-electron chi connectivity index (χ0n) is 10.0. The van der Waals surface area contributed by atoms with Gasteiger partial charge in [-0.1, -0.05) is 0 Å². The average molecular weight is 263 g/mol. The van der Waals surface area contributed by atoms with Gasteiger partial charge in [-0.25, -0.2) is 4.79 Å². The lowest BCUT2D eigenvalue weighted by molar-refractivity contribution is -0.175. The molecular formula is C10H17NO5S. The molecule has 2 aliphatic heterocycles. The van der Waals surface area contributed by atoms with Gasteiger partial charge in [0.25, 0.3) is 10.1 Å². The van der Waals surface area contributed by atoms with Crippen molar-refractivity contribution in [1.82, 2.24) is 5.06 Å². The first-order valence-corrected chi connectivity index (χ1v) is 7.19. The summed E-state index contributed by atoms with van der Waals surface area (Å²) in [6.07, 6.45) is 2.19. The lowest BCUT2D eigenvalue weighted by atomic mass is 9.91. The van der Waals surface area contributed by atoms with Crippen molar-refractivity contribution in [2.24, 2.45) is 0 Å². The van der Waals surface area contributed by atoms with Crippen LogP contribution in [0.5, 0.6) is 0 Å². The summed E-state index contributed by atoms with van der Waals surface area (Å²) in [5.74, 6) is -0.403. The lowest BCUT2D eigenvalue weighted by Crippen LogP contribution is -2.50. The SMILES string of the molecule is COC(=O)C12CCCN1OS(=O)(=O)C(C)CC2. The molecule has 0 aromatic rings. The molecule has 17 heavy (non-hydrogen) atoms. The lowest BCUT2D eigenvalue weighted by Gasteiger charge is -2.31. The number of nitrogens with zero attached hydrogens (tertiary/aromatic N) is 1. The highest BCUT2D eigenvalue weighted by molar-refractivity contribution is 7.87. The Hall–Kier alpha value is -0.660. The van der Waals surface area contributed by atoms with E-state index in [0.29, 0.717) is 25.8 Å². The number of carbonyl (C=O) groups is 1. The van der Waals surface area contributed by atoms with Crippen LogP contribution in [0.1, 0.15) is 32.6 Å². The summed E-state index contributed by atoms with van der Waals surface area (Å²) >= 11 is 0. The Labute approximate surface area is 101 Å². The molecule has 6 nitrogen and oxygen atoms in total. The highest BCUT2D eigenvalue weighted by Crippen LogP contribution is 2.39. The van der Waals surface area contributed by atoms with Crippen molar-refractivity contribution in [1.29, 1.82) is 0 Å². The quantitative estimate of drug-likeness (QED) is 0.639. The van der Waals surface area contributed by atoms with Gasteiger partial charge < -0.3 is 4.74 Å². The van der Waals surface area contributed by atoms with Crippen LogP contribution >= 0.6 is 0 Å². The van der Waals surface area contributed by atoms with Gasteiger partial charge in [0.15, 0.2) is 0 Å². The molecule has 7 heteroatoms. The van der Waals surface area contributed by atoms with Crippen molar-refractivity contribution in [3.63, 3.8) is 0 Å². The number of esters is 1. The van der Waals surface area contributed by atoms with Crippen LogP contribution in [-0.4, -0.2) is 43.9 Å². The Morgan fingerprint density at radius 1 is 1.47 bits per heavy atom. The summed E-state index contributed by atoms with van der Waals surface area (Å²) in [5.41, 5.74) is -0.910. The van der Waals surface area contributed by atoms with Gasteiger partial charge in [0.1, 0.15) is 5.54 Å². The standard InChI is InChI=1S/C10H17NO5S/c1-8-4-6-10(9(12)15-2)5-3-7-11(10)16-17(8,13)14/h8H,3-7H2,1-2H3. The Kier molecular flexibility index (Phi) is 3.17. The van der Waals surface area contributed by atoms with E-state index < -0.39 is 26.9 Å². The van der Waals surface area contributed by atoms with Gasteiger partial charge in [-0.15, -0.1) is 0 Å². The molecule has 0 amide bonds. The minimum atomic E-state index is -3.61. The average Bonchev–Trinajstić information content (AvgIpc) is 2.64. The van der Waals surface area contributed by atoms with Gasteiger partial charge >= 0.3 is 5.97 Å². The Balaban J connectivity index is 2.36. The van der Waals surface area contributed by atoms with E-state index in [1.165, 1.54) is 12.2 Å². The Morgan fingerprint density at radius 2 is 2.18 bits per heavy atom. The summed E-state index contributed by atoms with van der Waals surface area (Å²) < 4.78 is 33.4. The van der Waals surface area contributed by atoms with Crippen LogP contribution in [0.4, 0.5) is 0 Å². The number of rotatable bonds is 1. The van der Waals surface area contributed by atoms with E-state index >= 15 is 0 Å². The van der Waals surface area contributed by atoms with Crippen LogP contribution < -0.4 is 0 Å². The fourth-order valence-electron chi connectivity index (χ4n) is 2.49. The number of carbonyl (C=O) groups excluding carboxylic acids is 1. The fourth-order valence-corrected chi connectivity index (χ4v) is 3.51. The van der Waals surface area contributed by atoms with Crippen LogP contribution in [0.15, 0.2) is 0 Å². The molecule has 0 aromatic heterocycles. The number of hydroxylamine groups is 2. The highest BCUT2D eigenvalue weighted by atomic mass is 32.2. The molecule has 0 radical (unpaired) electrons. The van der Waals surface area contributed by atoms with E-state index in [4.69, 9.17) is 9.02 Å². The van der Waals surface area contributed by atoms with E-state index in [1.807, 2.05) is 0 Å². The third-order valence-corrected chi connectivity index (χ3v) is 5.25. The second kappa shape index (κ2) is 4.22. The van der Waals surface area contributed by atoms with Gasteiger partial charge in [0.05, 0.1) is 12.4 Å². The summed E-state index contributed by atoms with van der Waals surface area (Å²) in [5, 5.41) is 0.715. The van der Waals surface area contributed by atoms with E-state index in [9.17, 15) is 13.2 Å². The molecule has 2 aliphatic rings. The van der Waals surface area contributed by atoms with Crippen molar-refractivity contribution < 1.29 is 22.2 Å². The van der Waals surface area contributed by atoms with Crippen molar-refractivity contribution in [3.8, 4) is 0 Å². The maximum Gasteiger partial charge on any atom is 0.328 e. The van der Waals surface area contributed by atoms with Gasteiger partial charge in [-0.2, -0.15) is 17.8 Å². The maximum atomic E-state index is 11.9. The predicted octanol–water partition coefficient (Wildman–Crippen LogP) is 0.438. The Morgan fingerprint density at radius 3 is 2.82 bits per heavy atom. The van der Waals surface area contributed by atoms with Gasteiger partial charge in [-0.3, -0.25) is 0 Å². The summed E-state index contributed by atoms with van der Waals surface area (Å²) in [6, 6.07) is 0. The number of hydrogen-bond acceptors (Lipinski definition) is 6. The summed E-state index contributed by atoms with van der Waals surface area (Å²) in [7, 11) is -2.30. The largest absolute Gasteiger partial charge is 0.468 e. The molecule has 2 unspecified atom stereocenters. The number of fused-ring (bicyclic) bond motifs is 1. The normalized spacial score (nSPS) is 37.2. The zero-order valence-corrected chi connectivity index (χ0v) is 10.8.